The van der Waals surface area contributed by atoms with E-state index in [-0.39, 0.29) is 0 Å². The maximum atomic E-state index is 5.16. The molecular formula is C15H28N4O. The molecule has 5 heteroatoms. The van der Waals surface area contributed by atoms with Crippen LogP contribution in [0.25, 0.3) is 0 Å². The normalized spacial score (nSPS) is 11.1. The van der Waals surface area contributed by atoms with Crippen LogP contribution in [0.2, 0.25) is 0 Å². The van der Waals surface area contributed by atoms with E-state index in [1.807, 2.05) is 12.4 Å². The first-order chi connectivity index (χ1) is 9.67. The summed E-state index contributed by atoms with van der Waals surface area (Å²) in [4.78, 5) is 11.2. The van der Waals surface area contributed by atoms with E-state index in [1.165, 1.54) is 0 Å². The molecule has 114 valence electrons. The van der Waals surface area contributed by atoms with Crippen molar-refractivity contribution in [3.05, 3.63) is 18.1 Å². The van der Waals surface area contributed by atoms with Crippen molar-refractivity contribution in [3.63, 3.8) is 0 Å². The van der Waals surface area contributed by atoms with Crippen molar-refractivity contribution in [1.29, 1.82) is 0 Å². The van der Waals surface area contributed by atoms with Crippen molar-refractivity contribution in [3.8, 4) is 0 Å². The Bertz CT molecular complexity index is 353. The second-order valence-corrected chi connectivity index (χ2v) is 5.38. The minimum absolute atomic E-state index is 0.583. The lowest BCUT2D eigenvalue weighted by molar-refractivity contribution is 0.204. The summed E-state index contributed by atoms with van der Waals surface area (Å²) in [5, 5.41) is 3.33. The standard InChI is InChI=1S/C15H28N4O/c1-5-6-16-9-14-10-18-15(11-17-14)19(7-8-20-4)12-13(2)3/h10-11,13,16H,5-9,12H2,1-4H3. The summed E-state index contributed by atoms with van der Waals surface area (Å²) in [6, 6.07) is 0. The molecule has 20 heavy (non-hydrogen) atoms. The summed E-state index contributed by atoms with van der Waals surface area (Å²) in [7, 11) is 1.72. The summed E-state index contributed by atoms with van der Waals surface area (Å²) in [5.41, 5.74) is 0.985. The molecule has 0 radical (unpaired) electrons. The Morgan fingerprint density at radius 3 is 2.65 bits per heavy atom. The first-order valence-corrected chi connectivity index (χ1v) is 7.42. The van der Waals surface area contributed by atoms with Crippen LogP contribution in [-0.2, 0) is 11.3 Å². The highest BCUT2D eigenvalue weighted by atomic mass is 16.5. The average Bonchev–Trinajstić information content (AvgIpc) is 2.44. The van der Waals surface area contributed by atoms with Crippen molar-refractivity contribution < 1.29 is 4.74 Å². The third kappa shape index (κ3) is 6.30. The maximum Gasteiger partial charge on any atom is 0.147 e. The number of hydrogen-bond acceptors (Lipinski definition) is 5. The Hall–Kier alpha value is -1.20. The molecule has 1 N–H and O–H groups in total. The predicted molar refractivity (Wildman–Crippen MR) is 83.0 cm³/mol. The van der Waals surface area contributed by atoms with E-state index in [0.29, 0.717) is 12.5 Å². The Kier molecular flexibility index (Phi) is 8.14. The number of methoxy groups -OCH3 is 1. The SMILES string of the molecule is CCCNCc1cnc(N(CCOC)CC(C)C)cn1. The molecule has 0 saturated heterocycles. The van der Waals surface area contributed by atoms with E-state index in [1.54, 1.807) is 7.11 Å². The Balaban J connectivity index is 2.61. The molecule has 0 amide bonds. The molecule has 5 nitrogen and oxygen atoms in total. The van der Waals surface area contributed by atoms with Gasteiger partial charge in [-0.3, -0.25) is 4.98 Å². The minimum Gasteiger partial charge on any atom is -0.383 e. The number of aromatic nitrogens is 2. The third-order valence-electron chi connectivity index (χ3n) is 2.90. The zero-order chi connectivity index (χ0) is 14.8. The monoisotopic (exact) mass is 280 g/mol. The molecule has 0 aliphatic heterocycles. The van der Waals surface area contributed by atoms with Crippen LogP contribution in [0.1, 0.15) is 32.9 Å². The van der Waals surface area contributed by atoms with E-state index < -0.39 is 0 Å². The molecule has 0 spiro atoms. The molecule has 0 fully saturated rings. The van der Waals surface area contributed by atoms with Crippen LogP contribution in [0.15, 0.2) is 12.4 Å². The number of rotatable bonds is 10. The molecule has 0 bridgehead atoms. The fourth-order valence-corrected chi connectivity index (χ4v) is 1.94. The van der Waals surface area contributed by atoms with E-state index in [2.05, 4.69) is 41.0 Å². The average molecular weight is 280 g/mol. The number of nitrogens with zero attached hydrogens (tertiary/aromatic N) is 3. The van der Waals surface area contributed by atoms with Gasteiger partial charge in [0.05, 0.1) is 24.7 Å². The lowest BCUT2D eigenvalue weighted by Crippen LogP contribution is -2.31. The van der Waals surface area contributed by atoms with Gasteiger partial charge in [0.1, 0.15) is 5.82 Å². The second kappa shape index (κ2) is 9.66. The third-order valence-corrected chi connectivity index (χ3v) is 2.90. The largest absolute Gasteiger partial charge is 0.383 e. The molecule has 0 unspecified atom stereocenters. The van der Waals surface area contributed by atoms with Crippen LogP contribution in [0.5, 0.6) is 0 Å². The van der Waals surface area contributed by atoms with Gasteiger partial charge in [0, 0.05) is 26.7 Å². The summed E-state index contributed by atoms with van der Waals surface area (Å²) in [5.74, 6) is 1.51. The summed E-state index contributed by atoms with van der Waals surface area (Å²) >= 11 is 0. The molecular weight excluding hydrogens is 252 g/mol. The zero-order valence-corrected chi connectivity index (χ0v) is 13.2. The van der Waals surface area contributed by atoms with Gasteiger partial charge < -0.3 is 15.0 Å². The summed E-state index contributed by atoms with van der Waals surface area (Å²) in [6.45, 7) is 10.9. The van der Waals surface area contributed by atoms with E-state index >= 15 is 0 Å². The van der Waals surface area contributed by atoms with Gasteiger partial charge in [-0.05, 0) is 18.9 Å². The summed E-state index contributed by atoms with van der Waals surface area (Å²) in [6.07, 6.45) is 4.85. The second-order valence-electron chi connectivity index (χ2n) is 5.38. The van der Waals surface area contributed by atoms with Gasteiger partial charge >= 0.3 is 0 Å². The van der Waals surface area contributed by atoms with Crippen LogP contribution < -0.4 is 10.2 Å². The van der Waals surface area contributed by atoms with Crippen LogP contribution in [0.4, 0.5) is 5.82 Å². The van der Waals surface area contributed by atoms with Crippen molar-refractivity contribution in [2.45, 2.75) is 33.7 Å². The van der Waals surface area contributed by atoms with Crippen LogP contribution in [0.3, 0.4) is 0 Å². The molecule has 0 aliphatic rings. The van der Waals surface area contributed by atoms with Gasteiger partial charge in [-0.2, -0.15) is 0 Å². The molecule has 0 aliphatic carbocycles. The van der Waals surface area contributed by atoms with Gasteiger partial charge in [0.25, 0.3) is 0 Å². The maximum absolute atomic E-state index is 5.16. The number of ether oxygens (including phenoxy) is 1. The number of hydrogen-bond donors (Lipinski definition) is 1. The molecule has 1 rings (SSSR count). The van der Waals surface area contributed by atoms with Crippen molar-refractivity contribution in [2.75, 3.05) is 38.3 Å². The van der Waals surface area contributed by atoms with Crippen molar-refractivity contribution >= 4 is 5.82 Å². The number of anilines is 1. The van der Waals surface area contributed by atoms with Gasteiger partial charge in [-0.15, -0.1) is 0 Å². The lowest BCUT2D eigenvalue weighted by Gasteiger charge is -2.25. The van der Waals surface area contributed by atoms with Gasteiger partial charge in [-0.25, -0.2) is 4.98 Å². The lowest BCUT2D eigenvalue weighted by atomic mass is 10.2. The molecule has 1 aromatic rings. The first kappa shape index (κ1) is 16.9. The van der Waals surface area contributed by atoms with E-state index in [0.717, 1.165) is 44.1 Å². The minimum atomic E-state index is 0.583. The highest BCUT2D eigenvalue weighted by Crippen LogP contribution is 2.11. The highest BCUT2D eigenvalue weighted by Gasteiger charge is 2.10. The molecule has 0 atom stereocenters. The quantitative estimate of drug-likeness (QED) is 0.665. The van der Waals surface area contributed by atoms with E-state index in [9.17, 15) is 0 Å². The topological polar surface area (TPSA) is 50.3 Å². The Morgan fingerprint density at radius 2 is 2.10 bits per heavy atom. The van der Waals surface area contributed by atoms with Gasteiger partial charge in [-0.1, -0.05) is 20.8 Å². The fraction of sp³-hybridized carbons (Fsp3) is 0.733. The van der Waals surface area contributed by atoms with Crippen molar-refractivity contribution in [1.82, 2.24) is 15.3 Å². The first-order valence-electron chi connectivity index (χ1n) is 7.42. The Labute approximate surface area is 122 Å². The van der Waals surface area contributed by atoms with Crippen LogP contribution in [-0.4, -0.2) is 43.3 Å². The predicted octanol–water partition coefficient (Wildman–Crippen LogP) is 2.08. The smallest absolute Gasteiger partial charge is 0.147 e. The molecule has 1 heterocycles. The van der Waals surface area contributed by atoms with Crippen LogP contribution in [0, 0.1) is 5.92 Å². The van der Waals surface area contributed by atoms with E-state index in [4.69, 9.17) is 4.74 Å². The van der Waals surface area contributed by atoms with Crippen LogP contribution >= 0.6 is 0 Å². The number of nitrogens with one attached hydrogen (secondary N) is 1. The van der Waals surface area contributed by atoms with Crippen molar-refractivity contribution in [2.24, 2.45) is 5.92 Å². The summed E-state index contributed by atoms with van der Waals surface area (Å²) < 4.78 is 5.16. The van der Waals surface area contributed by atoms with Gasteiger partial charge in [0.2, 0.25) is 0 Å². The van der Waals surface area contributed by atoms with Gasteiger partial charge in [0.15, 0.2) is 0 Å². The zero-order valence-electron chi connectivity index (χ0n) is 13.2. The molecule has 0 aromatic carbocycles. The molecule has 1 aromatic heterocycles. The highest BCUT2D eigenvalue weighted by molar-refractivity contribution is 5.35. The fourth-order valence-electron chi connectivity index (χ4n) is 1.94. The molecule has 0 saturated carbocycles. The Morgan fingerprint density at radius 1 is 1.30 bits per heavy atom.